The first kappa shape index (κ1) is 15.7. The van der Waals surface area contributed by atoms with Gasteiger partial charge in [0.1, 0.15) is 10.9 Å². The second kappa shape index (κ2) is 5.92. The highest BCUT2D eigenvalue weighted by molar-refractivity contribution is 7.13. The van der Waals surface area contributed by atoms with Crippen LogP contribution in [0.2, 0.25) is 0 Å². The molecule has 4 rings (SSSR count). The van der Waals surface area contributed by atoms with E-state index in [1.165, 1.54) is 0 Å². The lowest BCUT2D eigenvalue weighted by Gasteiger charge is -2.27. The van der Waals surface area contributed by atoms with E-state index in [9.17, 15) is 9.59 Å². The van der Waals surface area contributed by atoms with Gasteiger partial charge in [-0.25, -0.2) is 4.98 Å². The third-order valence-corrected chi connectivity index (χ3v) is 6.52. The summed E-state index contributed by atoms with van der Waals surface area (Å²) in [5.41, 5.74) is 4.05. The normalized spacial score (nSPS) is 26.2. The van der Waals surface area contributed by atoms with E-state index in [2.05, 4.69) is 24.0 Å². The molecule has 1 aromatic heterocycles. The van der Waals surface area contributed by atoms with Gasteiger partial charge in [-0.15, -0.1) is 11.3 Å². The molecule has 0 amide bonds. The number of aryl methyl sites for hydroxylation is 2. The third kappa shape index (κ3) is 2.44. The molecule has 2 aliphatic carbocycles. The van der Waals surface area contributed by atoms with Gasteiger partial charge in [0, 0.05) is 28.5 Å². The Morgan fingerprint density at radius 3 is 2.46 bits per heavy atom. The molecular formula is C20H21NO2S. The number of aromatic nitrogens is 1. The molecule has 0 saturated heterocycles. The Kier molecular flexibility index (Phi) is 3.87. The zero-order valence-corrected chi connectivity index (χ0v) is 14.9. The predicted octanol–water partition coefficient (Wildman–Crippen LogP) is 4.33. The minimum absolute atomic E-state index is 0.0909. The summed E-state index contributed by atoms with van der Waals surface area (Å²) in [6, 6.07) is 6.17. The summed E-state index contributed by atoms with van der Waals surface area (Å²) in [7, 11) is 0. The standard InChI is InChI=1S/C20H21NO2S/c1-3-12-4-7-15(20-21-11(2)10-24-20)9-16(12)17-18(22)13-5-6-14(8-13)19(17)23/h4,7,9-10,13-14,17H,3,5-6,8H2,1-2H3/t13-,14+,17?. The Balaban J connectivity index is 1.81. The molecule has 3 atom stereocenters. The summed E-state index contributed by atoms with van der Waals surface area (Å²) in [5.74, 6) is -0.0691. The number of rotatable bonds is 3. The number of benzene rings is 1. The lowest BCUT2D eigenvalue weighted by atomic mass is 9.74. The fourth-order valence-corrected chi connectivity index (χ4v) is 5.02. The van der Waals surface area contributed by atoms with Gasteiger partial charge in [0.25, 0.3) is 0 Å². The fourth-order valence-electron chi connectivity index (χ4n) is 4.22. The van der Waals surface area contributed by atoms with Gasteiger partial charge < -0.3 is 0 Å². The minimum Gasteiger partial charge on any atom is -0.298 e. The zero-order chi connectivity index (χ0) is 16.8. The summed E-state index contributed by atoms with van der Waals surface area (Å²) in [6.45, 7) is 4.06. The van der Waals surface area contributed by atoms with Crippen molar-refractivity contribution >= 4 is 22.9 Å². The first-order valence-corrected chi connectivity index (χ1v) is 9.59. The van der Waals surface area contributed by atoms with Crippen LogP contribution in [0.25, 0.3) is 10.6 Å². The molecule has 4 heteroatoms. The van der Waals surface area contributed by atoms with Crippen LogP contribution in [0.5, 0.6) is 0 Å². The van der Waals surface area contributed by atoms with Gasteiger partial charge in [-0.2, -0.15) is 0 Å². The second-order valence-electron chi connectivity index (χ2n) is 7.01. The van der Waals surface area contributed by atoms with Crippen LogP contribution in [-0.2, 0) is 16.0 Å². The molecule has 2 aromatic rings. The van der Waals surface area contributed by atoms with Crippen molar-refractivity contribution < 1.29 is 9.59 Å². The number of Topliss-reactive ketones (excluding diaryl/α,β-unsaturated/α-hetero) is 2. The molecule has 0 radical (unpaired) electrons. The Morgan fingerprint density at radius 2 is 1.88 bits per heavy atom. The molecular weight excluding hydrogens is 318 g/mol. The number of thiazole rings is 1. The SMILES string of the molecule is CCc1ccc(-c2nc(C)cs2)cc1C1C(=O)[C@@H]2CC[C@@H](C2)C1=O. The Bertz CT molecular complexity index is 801. The Morgan fingerprint density at radius 1 is 1.17 bits per heavy atom. The molecule has 0 spiro atoms. The van der Waals surface area contributed by atoms with Crippen LogP contribution in [-0.4, -0.2) is 16.6 Å². The topological polar surface area (TPSA) is 47.0 Å². The van der Waals surface area contributed by atoms with Crippen molar-refractivity contribution in [2.24, 2.45) is 11.8 Å². The maximum Gasteiger partial charge on any atom is 0.150 e. The molecule has 1 unspecified atom stereocenters. The minimum atomic E-state index is -0.549. The smallest absolute Gasteiger partial charge is 0.150 e. The Labute approximate surface area is 146 Å². The van der Waals surface area contributed by atoms with Gasteiger partial charge in [0.05, 0.1) is 0 Å². The van der Waals surface area contributed by atoms with Crippen molar-refractivity contribution in [3.63, 3.8) is 0 Å². The van der Waals surface area contributed by atoms with Crippen LogP contribution in [0.1, 0.15) is 48.9 Å². The van der Waals surface area contributed by atoms with Crippen molar-refractivity contribution in [1.29, 1.82) is 0 Å². The van der Waals surface area contributed by atoms with E-state index < -0.39 is 5.92 Å². The van der Waals surface area contributed by atoms with Crippen molar-refractivity contribution in [2.45, 2.75) is 45.4 Å². The zero-order valence-electron chi connectivity index (χ0n) is 14.0. The number of carbonyl (C=O) groups excluding carboxylic acids is 2. The molecule has 3 nitrogen and oxygen atoms in total. The first-order valence-electron chi connectivity index (χ1n) is 8.71. The van der Waals surface area contributed by atoms with Crippen molar-refractivity contribution in [3.8, 4) is 10.6 Å². The maximum atomic E-state index is 12.9. The van der Waals surface area contributed by atoms with Crippen LogP contribution in [0, 0.1) is 18.8 Å². The van der Waals surface area contributed by atoms with E-state index in [-0.39, 0.29) is 23.4 Å². The highest BCUT2D eigenvalue weighted by Gasteiger charge is 2.47. The summed E-state index contributed by atoms with van der Waals surface area (Å²) in [5, 5.41) is 2.98. The lowest BCUT2D eigenvalue weighted by Crippen LogP contribution is -2.35. The Hall–Kier alpha value is -1.81. The summed E-state index contributed by atoms with van der Waals surface area (Å²) < 4.78 is 0. The number of hydrogen-bond acceptors (Lipinski definition) is 4. The first-order chi connectivity index (χ1) is 11.6. The summed E-state index contributed by atoms with van der Waals surface area (Å²) in [6.07, 6.45) is 3.39. The fraction of sp³-hybridized carbons (Fsp3) is 0.450. The maximum absolute atomic E-state index is 12.9. The molecule has 1 aromatic carbocycles. The quantitative estimate of drug-likeness (QED) is 0.782. The van der Waals surface area contributed by atoms with Crippen molar-refractivity contribution in [1.82, 2.24) is 4.98 Å². The molecule has 2 aliphatic rings. The third-order valence-electron chi connectivity index (χ3n) is 5.51. The molecule has 0 aliphatic heterocycles. The van der Waals surface area contributed by atoms with E-state index in [1.807, 2.05) is 18.4 Å². The average molecular weight is 339 g/mol. The number of carbonyl (C=O) groups is 2. The largest absolute Gasteiger partial charge is 0.298 e. The number of hydrogen-bond donors (Lipinski definition) is 0. The predicted molar refractivity (Wildman–Crippen MR) is 95.3 cm³/mol. The van der Waals surface area contributed by atoms with Gasteiger partial charge in [-0.05, 0) is 49.8 Å². The number of ketones is 2. The van der Waals surface area contributed by atoms with E-state index in [0.29, 0.717) is 0 Å². The molecule has 0 N–H and O–H groups in total. The van der Waals surface area contributed by atoms with E-state index in [1.54, 1.807) is 11.3 Å². The summed E-state index contributed by atoms with van der Waals surface area (Å²) in [4.78, 5) is 30.3. The van der Waals surface area contributed by atoms with Crippen LogP contribution in [0.3, 0.4) is 0 Å². The van der Waals surface area contributed by atoms with Crippen LogP contribution >= 0.6 is 11.3 Å². The molecule has 2 fully saturated rings. The van der Waals surface area contributed by atoms with Gasteiger partial charge in [0.2, 0.25) is 0 Å². The molecule has 2 saturated carbocycles. The van der Waals surface area contributed by atoms with Gasteiger partial charge in [0.15, 0.2) is 11.6 Å². The number of nitrogens with zero attached hydrogens (tertiary/aromatic N) is 1. The van der Waals surface area contributed by atoms with E-state index in [4.69, 9.17) is 0 Å². The monoisotopic (exact) mass is 339 g/mol. The van der Waals surface area contributed by atoms with Crippen molar-refractivity contribution in [2.75, 3.05) is 0 Å². The molecule has 124 valence electrons. The second-order valence-corrected chi connectivity index (χ2v) is 7.86. The van der Waals surface area contributed by atoms with Crippen LogP contribution in [0.4, 0.5) is 0 Å². The molecule has 1 heterocycles. The van der Waals surface area contributed by atoms with Gasteiger partial charge >= 0.3 is 0 Å². The van der Waals surface area contributed by atoms with Crippen LogP contribution < -0.4 is 0 Å². The highest BCUT2D eigenvalue weighted by atomic mass is 32.1. The van der Waals surface area contributed by atoms with Crippen molar-refractivity contribution in [3.05, 3.63) is 40.4 Å². The molecule has 24 heavy (non-hydrogen) atoms. The van der Waals surface area contributed by atoms with Crippen LogP contribution in [0.15, 0.2) is 23.6 Å². The van der Waals surface area contributed by atoms with E-state index >= 15 is 0 Å². The average Bonchev–Trinajstić information content (AvgIpc) is 3.21. The van der Waals surface area contributed by atoms with Gasteiger partial charge in [-0.3, -0.25) is 9.59 Å². The lowest BCUT2D eigenvalue weighted by molar-refractivity contribution is -0.135. The molecule has 2 bridgehead atoms. The highest BCUT2D eigenvalue weighted by Crippen LogP contribution is 2.45. The number of fused-ring (bicyclic) bond motifs is 2. The van der Waals surface area contributed by atoms with E-state index in [0.717, 1.165) is 53.1 Å². The van der Waals surface area contributed by atoms with Gasteiger partial charge in [-0.1, -0.05) is 19.1 Å². The summed E-state index contributed by atoms with van der Waals surface area (Å²) >= 11 is 1.61.